The number of carbonyl (C=O) groups is 2. The molecule has 0 fully saturated rings. The highest BCUT2D eigenvalue weighted by Gasteiger charge is 2.23. The van der Waals surface area contributed by atoms with Gasteiger partial charge in [0, 0.05) is 23.7 Å². The van der Waals surface area contributed by atoms with Gasteiger partial charge in [-0.25, -0.2) is 9.78 Å². The Balaban J connectivity index is 1.52. The van der Waals surface area contributed by atoms with E-state index in [0.29, 0.717) is 37.9 Å². The van der Waals surface area contributed by atoms with Gasteiger partial charge in [0.15, 0.2) is 6.61 Å². The fourth-order valence-corrected chi connectivity index (χ4v) is 4.84. The lowest BCUT2D eigenvalue weighted by atomic mass is 10.2. The van der Waals surface area contributed by atoms with Gasteiger partial charge < -0.3 is 10.1 Å². The molecule has 2 aromatic heterocycles. The van der Waals surface area contributed by atoms with Crippen LogP contribution in [-0.4, -0.2) is 28.0 Å². The topological polar surface area (TPSA) is 90.3 Å². The van der Waals surface area contributed by atoms with Gasteiger partial charge in [-0.3, -0.25) is 14.2 Å². The second-order valence-corrected chi connectivity index (χ2v) is 8.60. The average molecular weight is 446 g/mol. The van der Waals surface area contributed by atoms with E-state index in [4.69, 9.17) is 16.3 Å². The normalized spacial score (nSPS) is 13.5. The van der Waals surface area contributed by atoms with Gasteiger partial charge >= 0.3 is 5.97 Å². The van der Waals surface area contributed by atoms with Gasteiger partial charge in [-0.15, -0.1) is 11.3 Å². The van der Waals surface area contributed by atoms with Crippen molar-refractivity contribution in [2.75, 3.05) is 11.9 Å². The number of hydrogen-bond donors (Lipinski definition) is 1. The molecule has 0 atom stereocenters. The highest BCUT2D eigenvalue weighted by atomic mass is 35.5. The average Bonchev–Trinajstić information content (AvgIpc) is 2.88. The van der Waals surface area contributed by atoms with Gasteiger partial charge in [0.05, 0.1) is 5.39 Å². The minimum absolute atomic E-state index is 0.108. The first-order valence-electron chi connectivity index (χ1n) is 9.69. The van der Waals surface area contributed by atoms with Crippen molar-refractivity contribution in [3.63, 3.8) is 0 Å². The van der Waals surface area contributed by atoms with E-state index in [0.717, 1.165) is 42.8 Å². The van der Waals surface area contributed by atoms with Crippen LogP contribution in [0, 0.1) is 6.92 Å². The highest BCUT2D eigenvalue weighted by Crippen LogP contribution is 2.29. The molecule has 3 aromatic rings. The quantitative estimate of drug-likeness (QED) is 0.614. The molecule has 0 aliphatic carbocycles. The second-order valence-electron chi connectivity index (χ2n) is 7.17. The summed E-state index contributed by atoms with van der Waals surface area (Å²) in [5.74, 6) is -0.349. The van der Waals surface area contributed by atoms with Crippen LogP contribution in [0.15, 0.2) is 29.1 Å². The van der Waals surface area contributed by atoms with Crippen molar-refractivity contribution >= 4 is 50.7 Å². The van der Waals surface area contributed by atoms with E-state index in [2.05, 4.69) is 10.3 Å². The van der Waals surface area contributed by atoms with Gasteiger partial charge in [0.1, 0.15) is 15.5 Å². The van der Waals surface area contributed by atoms with Crippen LogP contribution < -0.4 is 10.9 Å². The molecule has 1 amide bonds. The first-order chi connectivity index (χ1) is 14.4. The molecule has 0 bridgehead atoms. The number of fused-ring (bicyclic) bond motifs is 2. The molecular formula is C21H20ClN3O4S. The number of anilines is 1. The standard InChI is InChI=1S/C21H20ClN3O4S/c1-12-17-19(24-15-8-3-2-4-9-25(15)20(17)27)30-18(12)21(28)29-11-16(26)23-14-7-5-6-13(22)10-14/h5-7,10H,2-4,8-9,11H2,1H3,(H,23,26). The third-order valence-corrected chi connectivity index (χ3v) is 6.44. The Bertz CT molecular complexity index is 1200. The van der Waals surface area contributed by atoms with Crippen molar-refractivity contribution in [3.05, 3.63) is 55.9 Å². The van der Waals surface area contributed by atoms with Gasteiger partial charge in [0.2, 0.25) is 0 Å². The lowest BCUT2D eigenvalue weighted by molar-refractivity contribution is -0.119. The zero-order valence-corrected chi connectivity index (χ0v) is 17.9. The first-order valence-corrected chi connectivity index (χ1v) is 10.9. The molecule has 9 heteroatoms. The van der Waals surface area contributed by atoms with Crippen LogP contribution in [0.1, 0.15) is 40.3 Å². The lowest BCUT2D eigenvalue weighted by Gasteiger charge is -2.08. The second kappa shape index (κ2) is 8.57. The molecule has 156 valence electrons. The summed E-state index contributed by atoms with van der Waals surface area (Å²) in [5, 5.41) is 3.57. The number of carbonyl (C=O) groups excluding carboxylic acids is 2. The minimum atomic E-state index is -0.642. The van der Waals surface area contributed by atoms with Crippen molar-refractivity contribution in [3.8, 4) is 0 Å². The largest absolute Gasteiger partial charge is 0.451 e. The van der Waals surface area contributed by atoms with E-state index in [1.54, 1.807) is 35.8 Å². The van der Waals surface area contributed by atoms with E-state index < -0.39 is 18.5 Å². The number of rotatable bonds is 4. The Morgan fingerprint density at radius 2 is 2.13 bits per heavy atom. The zero-order valence-electron chi connectivity index (χ0n) is 16.4. The van der Waals surface area contributed by atoms with Gasteiger partial charge in [-0.2, -0.15) is 0 Å². The molecule has 0 spiro atoms. The van der Waals surface area contributed by atoms with E-state index >= 15 is 0 Å². The number of nitrogens with zero attached hydrogens (tertiary/aromatic N) is 2. The summed E-state index contributed by atoms with van der Waals surface area (Å²) in [4.78, 5) is 43.1. The summed E-state index contributed by atoms with van der Waals surface area (Å²) >= 11 is 7.03. The monoisotopic (exact) mass is 445 g/mol. The summed E-state index contributed by atoms with van der Waals surface area (Å²) in [5.41, 5.74) is 0.955. The fraction of sp³-hybridized carbons (Fsp3) is 0.333. The number of esters is 1. The Kier molecular flexibility index (Phi) is 5.87. The molecule has 1 aliphatic heterocycles. The molecule has 1 N–H and O–H groups in total. The Morgan fingerprint density at radius 1 is 1.30 bits per heavy atom. The van der Waals surface area contributed by atoms with E-state index in [1.165, 1.54) is 0 Å². The molecule has 0 radical (unpaired) electrons. The smallest absolute Gasteiger partial charge is 0.349 e. The van der Waals surface area contributed by atoms with Crippen LogP contribution >= 0.6 is 22.9 Å². The van der Waals surface area contributed by atoms with Crippen LogP contribution in [-0.2, 0) is 22.5 Å². The number of thiophene rings is 1. The lowest BCUT2D eigenvalue weighted by Crippen LogP contribution is -2.24. The van der Waals surface area contributed by atoms with Crippen LogP contribution in [0.4, 0.5) is 5.69 Å². The van der Waals surface area contributed by atoms with Crippen LogP contribution in [0.3, 0.4) is 0 Å². The summed E-state index contributed by atoms with van der Waals surface area (Å²) in [6.07, 6.45) is 3.77. The number of benzene rings is 1. The Labute approximate surface area is 181 Å². The van der Waals surface area contributed by atoms with E-state index in [1.807, 2.05) is 0 Å². The zero-order chi connectivity index (χ0) is 21.3. The van der Waals surface area contributed by atoms with Gasteiger partial charge in [-0.1, -0.05) is 24.1 Å². The van der Waals surface area contributed by atoms with Crippen molar-refractivity contribution < 1.29 is 14.3 Å². The van der Waals surface area contributed by atoms with Crippen molar-refractivity contribution in [2.45, 2.75) is 39.2 Å². The summed E-state index contributed by atoms with van der Waals surface area (Å²) < 4.78 is 6.90. The highest BCUT2D eigenvalue weighted by molar-refractivity contribution is 7.20. The first kappa shape index (κ1) is 20.6. The predicted octanol–water partition coefficient (Wildman–Crippen LogP) is 3.94. The Morgan fingerprint density at radius 3 is 2.93 bits per heavy atom. The third-order valence-electron chi connectivity index (χ3n) is 5.04. The molecule has 1 aromatic carbocycles. The number of aromatic nitrogens is 2. The van der Waals surface area contributed by atoms with Gasteiger partial charge in [0.25, 0.3) is 11.5 Å². The maximum absolute atomic E-state index is 13.0. The minimum Gasteiger partial charge on any atom is -0.451 e. The maximum Gasteiger partial charge on any atom is 0.349 e. The summed E-state index contributed by atoms with van der Waals surface area (Å²) in [6, 6.07) is 6.68. The molecule has 1 aliphatic rings. The predicted molar refractivity (Wildman–Crippen MR) is 117 cm³/mol. The molecule has 4 rings (SSSR count). The SMILES string of the molecule is Cc1c(C(=O)OCC(=O)Nc2cccc(Cl)c2)sc2nc3n(c(=O)c12)CCCCC3. The van der Waals surface area contributed by atoms with Crippen molar-refractivity contribution in [2.24, 2.45) is 0 Å². The summed E-state index contributed by atoms with van der Waals surface area (Å²) in [7, 11) is 0. The fourth-order valence-electron chi connectivity index (χ4n) is 3.56. The molecule has 7 nitrogen and oxygen atoms in total. The van der Waals surface area contributed by atoms with Crippen molar-refractivity contribution in [1.82, 2.24) is 9.55 Å². The Hall–Kier alpha value is -2.71. The van der Waals surface area contributed by atoms with Crippen molar-refractivity contribution in [1.29, 1.82) is 0 Å². The summed E-state index contributed by atoms with van der Waals surface area (Å²) in [6.45, 7) is 1.92. The third kappa shape index (κ3) is 4.11. The van der Waals surface area contributed by atoms with E-state index in [9.17, 15) is 14.4 Å². The molecule has 0 saturated heterocycles. The molecular weight excluding hydrogens is 426 g/mol. The number of nitrogens with one attached hydrogen (secondary N) is 1. The number of amides is 1. The molecule has 0 saturated carbocycles. The van der Waals surface area contributed by atoms with E-state index in [-0.39, 0.29) is 5.56 Å². The number of halogens is 1. The van der Waals surface area contributed by atoms with Crippen LogP contribution in [0.5, 0.6) is 0 Å². The number of hydrogen-bond acceptors (Lipinski definition) is 6. The molecule has 3 heterocycles. The van der Waals surface area contributed by atoms with Gasteiger partial charge in [-0.05, 0) is 43.5 Å². The maximum atomic E-state index is 13.0. The number of ether oxygens (including phenoxy) is 1. The number of aryl methyl sites for hydroxylation is 2. The molecule has 0 unspecified atom stereocenters. The van der Waals surface area contributed by atoms with Crippen LogP contribution in [0.2, 0.25) is 5.02 Å². The van der Waals surface area contributed by atoms with Crippen LogP contribution in [0.25, 0.3) is 10.2 Å². The molecule has 30 heavy (non-hydrogen) atoms.